The van der Waals surface area contributed by atoms with Gasteiger partial charge in [0.1, 0.15) is 6.10 Å². The highest BCUT2D eigenvalue weighted by Gasteiger charge is 2.06. The van der Waals surface area contributed by atoms with E-state index in [1.165, 1.54) is 4.80 Å². The third kappa shape index (κ3) is 2.57. The van der Waals surface area contributed by atoms with E-state index in [9.17, 15) is 4.79 Å². The summed E-state index contributed by atoms with van der Waals surface area (Å²) in [4.78, 5) is 11.7. The molecule has 0 spiro atoms. The van der Waals surface area contributed by atoms with Gasteiger partial charge in [-0.2, -0.15) is 15.0 Å². The smallest absolute Gasteiger partial charge is 0.404 e. The van der Waals surface area contributed by atoms with Crippen LogP contribution in [-0.2, 0) is 11.3 Å². The number of aromatic nitrogens is 3. The molecule has 0 saturated carbocycles. The minimum atomic E-state index is -0.783. The van der Waals surface area contributed by atoms with Crippen LogP contribution in [0.2, 0.25) is 0 Å². The van der Waals surface area contributed by atoms with Crippen molar-refractivity contribution in [2.75, 3.05) is 0 Å². The Hall–Kier alpha value is -1.59. The molecule has 0 fully saturated rings. The molecule has 1 aromatic heterocycles. The first kappa shape index (κ1) is 8.51. The Kier molecular flexibility index (Phi) is 2.62. The Morgan fingerprint density at radius 3 is 2.75 bits per heavy atom. The second-order valence-electron chi connectivity index (χ2n) is 2.33. The number of nitrogens with two attached hydrogens (primary N) is 1. The lowest BCUT2D eigenvalue weighted by Crippen LogP contribution is -2.25. The fraction of sp³-hybridized carbons (Fsp3) is 0.500. The standard InChI is InChI=1S/C6H10N4O2/c1-5(12-6(7)11)4-10-8-2-3-9-10/h2-3,5H,4H2,1H3,(H2,7,11). The first-order valence-electron chi connectivity index (χ1n) is 3.48. The van der Waals surface area contributed by atoms with E-state index in [0.29, 0.717) is 6.54 Å². The number of hydrogen-bond acceptors (Lipinski definition) is 4. The van der Waals surface area contributed by atoms with Gasteiger partial charge in [-0.25, -0.2) is 4.79 Å². The van der Waals surface area contributed by atoms with Crippen molar-refractivity contribution in [3.05, 3.63) is 12.4 Å². The zero-order chi connectivity index (χ0) is 8.97. The van der Waals surface area contributed by atoms with Crippen molar-refractivity contribution >= 4 is 6.09 Å². The SMILES string of the molecule is CC(Cn1nccn1)OC(N)=O. The molecule has 66 valence electrons. The van der Waals surface area contributed by atoms with Gasteiger partial charge in [-0.15, -0.1) is 0 Å². The van der Waals surface area contributed by atoms with Crippen molar-refractivity contribution in [1.29, 1.82) is 0 Å². The lowest BCUT2D eigenvalue weighted by molar-refractivity contribution is 0.101. The van der Waals surface area contributed by atoms with Gasteiger partial charge < -0.3 is 10.5 Å². The number of rotatable bonds is 3. The number of primary amides is 1. The summed E-state index contributed by atoms with van der Waals surface area (Å²) in [6.07, 6.45) is 2.01. The zero-order valence-corrected chi connectivity index (χ0v) is 6.67. The first-order chi connectivity index (χ1) is 5.68. The molecule has 12 heavy (non-hydrogen) atoms. The predicted molar refractivity (Wildman–Crippen MR) is 40.2 cm³/mol. The first-order valence-corrected chi connectivity index (χ1v) is 3.48. The van der Waals surface area contributed by atoms with Gasteiger partial charge in [-0.1, -0.05) is 0 Å². The lowest BCUT2D eigenvalue weighted by atomic mass is 10.4. The largest absolute Gasteiger partial charge is 0.445 e. The summed E-state index contributed by atoms with van der Waals surface area (Å²) in [5, 5.41) is 7.67. The van der Waals surface area contributed by atoms with Crippen LogP contribution in [0.25, 0.3) is 0 Å². The summed E-state index contributed by atoms with van der Waals surface area (Å²) in [6.45, 7) is 2.13. The summed E-state index contributed by atoms with van der Waals surface area (Å²) < 4.78 is 4.66. The fourth-order valence-electron chi connectivity index (χ4n) is 0.803. The number of amides is 1. The molecule has 1 amide bonds. The molecule has 2 N–H and O–H groups in total. The molecule has 1 atom stereocenters. The summed E-state index contributed by atoms with van der Waals surface area (Å²) in [7, 11) is 0. The van der Waals surface area contributed by atoms with Crippen LogP contribution in [0.1, 0.15) is 6.92 Å². The van der Waals surface area contributed by atoms with Crippen LogP contribution >= 0.6 is 0 Å². The Morgan fingerprint density at radius 2 is 2.25 bits per heavy atom. The number of carbonyl (C=O) groups excluding carboxylic acids is 1. The summed E-state index contributed by atoms with van der Waals surface area (Å²) in [6, 6.07) is 0. The average molecular weight is 170 g/mol. The van der Waals surface area contributed by atoms with Gasteiger partial charge in [0.25, 0.3) is 0 Å². The normalized spacial score (nSPS) is 12.4. The van der Waals surface area contributed by atoms with Crippen LogP contribution in [0, 0.1) is 0 Å². The van der Waals surface area contributed by atoms with Gasteiger partial charge in [-0.05, 0) is 6.92 Å². The number of nitrogens with zero attached hydrogens (tertiary/aromatic N) is 3. The Morgan fingerprint density at radius 1 is 1.67 bits per heavy atom. The van der Waals surface area contributed by atoms with Crippen LogP contribution in [0.5, 0.6) is 0 Å². The van der Waals surface area contributed by atoms with Gasteiger partial charge >= 0.3 is 6.09 Å². The second-order valence-corrected chi connectivity index (χ2v) is 2.33. The molecular formula is C6H10N4O2. The van der Waals surface area contributed by atoms with E-state index in [4.69, 9.17) is 5.73 Å². The molecule has 0 aliphatic rings. The molecular weight excluding hydrogens is 160 g/mol. The van der Waals surface area contributed by atoms with E-state index >= 15 is 0 Å². The quantitative estimate of drug-likeness (QED) is 0.678. The van der Waals surface area contributed by atoms with Crippen molar-refractivity contribution in [1.82, 2.24) is 15.0 Å². The highest BCUT2D eigenvalue weighted by Crippen LogP contribution is 1.92. The maximum absolute atomic E-state index is 10.3. The number of ether oxygens (including phenoxy) is 1. The van der Waals surface area contributed by atoms with Crippen LogP contribution in [0.15, 0.2) is 12.4 Å². The lowest BCUT2D eigenvalue weighted by Gasteiger charge is -2.09. The number of hydrogen-bond donors (Lipinski definition) is 1. The minimum Gasteiger partial charge on any atom is -0.445 e. The van der Waals surface area contributed by atoms with Gasteiger partial charge in [0.05, 0.1) is 18.9 Å². The fourth-order valence-corrected chi connectivity index (χ4v) is 0.803. The average Bonchev–Trinajstić information content (AvgIpc) is 2.37. The monoisotopic (exact) mass is 170 g/mol. The van der Waals surface area contributed by atoms with E-state index in [1.54, 1.807) is 19.3 Å². The highest BCUT2D eigenvalue weighted by molar-refractivity contribution is 5.64. The Labute approximate surface area is 69.3 Å². The van der Waals surface area contributed by atoms with Crippen molar-refractivity contribution in [2.45, 2.75) is 19.6 Å². The molecule has 0 aliphatic carbocycles. The molecule has 1 unspecified atom stereocenters. The van der Waals surface area contributed by atoms with Gasteiger partial charge in [0, 0.05) is 0 Å². The van der Waals surface area contributed by atoms with Crippen LogP contribution in [0.3, 0.4) is 0 Å². The van der Waals surface area contributed by atoms with Crippen LogP contribution in [0.4, 0.5) is 4.79 Å². The number of carbonyl (C=O) groups is 1. The zero-order valence-electron chi connectivity index (χ0n) is 6.67. The molecule has 1 aromatic rings. The molecule has 6 nitrogen and oxygen atoms in total. The summed E-state index contributed by atoms with van der Waals surface area (Å²) in [5.74, 6) is 0. The predicted octanol–water partition coefficient (Wildman–Crippen LogP) is -0.238. The molecule has 1 heterocycles. The summed E-state index contributed by atoms with van der Waals surface area (Å²) in [5.41, 5.74) is 4.81. The van der Waals surface area contributed by atoms with E-state index < -0.39 is 6.09 Å². The van der Waals surface area contributed by atoms with E-state index in [2.05, 4.69) is 14.9 Å². The van der Waals surface area contributed by atoms with E-state index in [0.717, 1.165) is 0 Å². The van der Waals surface area contributed by atoms with Gasteiger partial charge in [0.2, 0.25) is 0 Å². The molecule has 0 radical (unpaired) electrons. The molecule has 0 saturated heterocycles. The second kappa shape index (κ2) is 3.70. The van der Waals surface area contributed by atoms with Crippen LogP contribution in [-0.4, -0.2) is 27.2 Å². The van der Waals surface area contributed by atoms with E-state index in [1.807, 2.05) is 0 Å². The third-order valence-corrected chi connectivity index (χ3v) is 1.20. The third-order valence-electron chi connectivity index (χ3n) is 1.20. The van der Waals surface area contributed by atoms with Crippen molar-refractivity contribution in [3.63, 3.8) is 0 Å². The maximum atomic E-state index is 10.3. The van der Waals surface area contributed by atoms with Crippen molar-refractivity contribution < 1.29 is 9.53 Å². The molecule has 6 heteroatoms. The minimum absolute atomic E-state index is 0.310. The van der Waals surface area contributed by atoms with Crippen molar-refractivity contribution in [2.24, 2.45) is 5.73 Å². The topological polar surface area (TPSA) is 83.0 Å². The van der Waals surface area contributed by atoms with E-state index in [-0.39, 0.29) is 6.10 Å². The van der Waals surface area contributed by atoms with Gasteiger partial charge in [-0.3, -0.25) is 0 Å². The highest BCUT2D eigenvalue weighted by atomic mass is 16.6. The molecule has 0 aliphatic heterocycles. The summed E-state index contributed by atoms with van der Waals surface area (Å²) >= 11 is 0. The molecule has 1 rings (SSSR count). The Balaban J connectivity index is 2.36. The van der Waals surface area contributed by atoms with Crippen LogP contribution < -0.4 is 5.73 Å². The van der Waals surface area contributed by atoms with Gasteiger partial charge in [0.15, 0.2) is 0 Å². The van der Waals surface area contributed by atoms with Crippen molar-refractivity contribution in [3.8, 4) is 0 Å². The maximum Gasteiger partial charge on any atom is 0.404 e. The molecule has 0 bridgehead atoms. The Bertz CT molecular complexity index is 246. The molecule has 0 aromatic carbocycles.